The number of nitrogens with one attached hydrogen (secondary N) is 1. The first-order chi connectivity index (χ1) is 12.5. The molecule has 2 saturated heterocycles. The second-order valence-corrected chi connectivity index (χ2v) is 8.11. The first-order valence-electron chi connectivity index (χ1n) is 10.2. The molecule has 0 radical (unpaired) electrons. The van der Waals surface area contributed by atoms with Crippen molar-refractivity contribution in [2.24, 2.45) is 5.41 Å². The minimum Gasteiger partial charge on any atom is -0.386 e. The summed E-state index contributed by atoms with van der Waals surface area (Å²) in [6, 6.07) is 7.96. The number of anilines is 1. The molecule has 26 heavy (non-hydrogen) atoms. The molecule has 3 rings (SSSR count). The van der Waals surface area contributed by atoms with Crippen molar-refractivity contribution < 1.29 is 4.39 Å². The van der Waals surface area contributed by atoms with Gasteiger partial charge in [-0.1, -0.05) is 20.4 Å². The molecule has 2 aliphatic heterocycles. The van der Waals surface area contributed by atoms with E-state index in [9.17, 15) is 4.39 Å². The van der Waals surface area contributed by atoms with Crippen molar-refractivity contribution in [2.75, 3.05) is 31.1 Å². The van der Waals surface area contributed by atoms with Gasteiger partial charge in [0.15, 0.2) is 0 Å². The van der Waals surface area contributed by atoms with E-state index in [-0.39, 0.29) is 5.82 Å². The van der Waals surface area contributed by atoms with Crippen molar-refractivity contribution in [3.8, 4) is 0 Å². The number of hydrogen-bond acceptors (Lipinski definition) is 3. The van der Waals surface area contributed by atoms with Gasteiger partial charge < -0.3 is 10.2 Å². The monoisotopic (exact) mass is 359 g/mol. The summed E-state index contributed by atoms with van der Waals surface area (Å²) in [6.45, 7) is 15.4. The third-order valence-corrected chi connectivity index (χ3v) is 6.73. The zero-order chi connectivity index (χ0) is 18.7. The highest BCUT2D eigenvalue weighted by molar-refractivity contribution is 5.46. The van der Waals surface area contributed by atoms with Crippen molar-refractivity contribution in [1.29, 1.82) is 0 Å². The number of benzene rings is 1. The molecule has 1 aromatic rings. The summed E-state index contributed by atoms with van der Waals surface area (Å²) in [6.07, 6.45) is 4.77. The molecule has 1 aromatic carbocycles. The van der Waals surface area contributed by atoms with Gasteiger partial charge in [0, 0.05) is 55.1 Å². The van der Waals surface area contributed by atoms with Gasteiger partial charge >= 0.3 is 0 Å². The fraction of sp³-hybridized carbons (Fsp3) is 0.636. The quantitative estimate of drug-likeness (QED) is 0.812. The summed E-state index contributed by atoms with van der Waals surface area (Å²) in [7, 11) is 0. The van der Waals surface area contributed by atoms with Gasteiger partial charge in [-0.05, 0) is 56.9 Å². The van der Waals surface area contributed by atoms with Crippen LogP contribution in [0.1, 0.15) is 46.5 Å². The van der Waals surface area contributed by atoms with Gasteiger partial charge in [-0.2, -0.15) is 0 Å². The summed E-state index contributed by atoms with van der Waals surface area (Å²) in [4.78, 5) is 4.97. The van der Waals surface area contributed by atoms with E-state index in [0.717, 1.165) is 31.9 Å². The van der Waals surface area contributed by atoms with Gasteiger partial charge in [0.1, 0.15) is 5.82 Å². The second kappa shape index (κ2) is 7.99. The van der Waals surface area contributed by atoms with E-state index in [4.69, 9.17) is 0 Å². The van der Waals surface area contributed by atoms with Crippen LogP contribution in [0.4, 0.5) is 10.1 Å². The maximum absolute atomic E-state index is 13.1. The Morgan fingerprint density at radius 2 is 1.88 bits per heavy atom. The molecule has 2 fully saturated rings. The van der Waals surface area contributed by atoms with Crippen molar-refractivity contribution in [2.45, 2.75) is 58.5 Å². The molecule has 144 valence electrons. The maximum Gasteiger partial charge on any atom is 0.123 e. The van der Waals surface area contributed by atoms with Crippen LogP contribution >= 0.6 is 0 Å². The Hall–Kier alpha value is -1.55. The standard InChI is InChI=1S/C22H34FN3/c1-5-22(6-2)15-20(24-18(22)4)11-12-25-13-14-26(16-17(25)3)21-9-7-19(23)8-10-21/h7-10,17,20,24H,4-6,11-16H2,1-3H3. The lowest BCUT2D eigenvalue weighted by Crippen LogP contribution is -2.52. The summed E-state index contributed by atoms with van der Waals surface area (Å²) >= 11 is 0. The third kappa shape index (κ3) is 3.90. The van der Waals surface area contributed by atoms with Gasteiger partial charge in [0.2, 0.25) is 0 Å². The Morgan fingerprint density at radius 3 is 2.46 bits per heavy atom. The minimum absolute atomic E-state index is 0.165. The topological polar surface area (TPSA) is 18.5 Å². The normalized spacial score (nSPS) is 26.2. The van der Waals surface area contributed by atoms with E-state index >= 15 is 0 Å². The Labute approximate surface area is 158 Å². The fourth-order valence-electron chi connectivity index (χ4n) is 4.72. The number of nitrogens with zero attached hydrogens (tertiary/aromatic N) is 2. The molecule has 2 unspecified atom stereocenters. The van der Waals surface area contributed by atoms with Crippen molar-refractivity contribution >= 4 is 5.69 Å². The summed E-state index contributed by atoms with van der Waals surface area (Å²) < 4.78 is 13.1. The van der Waals surface area contributed by atoms with Crippen LogP contribution in [0.25, 0.3) is 0 Å². The number of rotatable bonds is 6. The van der Waals surface area contributed by atoms with E-state index < -0.39 is 0 Å². The van der Waals surface area contributed by atoms with Gasteiger partial charge in [0.05, 0.1) is 0 Å². The fourth-order valence-corrected chi connectivity index (χ4v) is 4.72. The van der Waals surface area contributed by atoms with Gasteiger partial charge in [-0.3, -0.25) is 4.90 Å². The SMILES string of the molecule is C=C1NC(CCN2CCN(c3ccc(F)cc3)CC2C)CC1(CC)CC. The molecule has 2 heterocycles. The Kier molecular flexibility index (Phi) is 5.91. The number of allylic oxidation sites excluding steroid dienone is 1. The molecule has 0 saturated carbocycles. The molecule has 0 amide bonds. The molecule has 0 aromatic heterocycles. The van der Waals surface area contributed by atoms with Crippen LogP contribution < -0.4 is 10.2 Å². The van der Waals surface area contributed by atoms with Crippen LogP contribution in [0.2, 0.25) is 0 Å². The highest BCUT2D eigenvalue weighted by Gasteiger charge is 2.39. The van der Waals surface area contributed by atoms with E-state index in [2.05, 4.69) is 42.5 Å². The second-order valence-electron chi connectivity index (χ2n) is 8.11. The lowest BCUT2D eigenvalue weighted by atomic mass is 9.78. The molecule has 0 bridgehead atoms. The van der Waals surface area contributed by atoms with E-state index in [1.807, 2.05) is 12.1 Å². The van der Waals surface area contributed by atoms with Crippen LogP contribution in [0.5, 0.6) is 0 Å². The van der Waals surface area contributed by atoms with Crippen molar-refractivity contribution in [1.82, 2.24) is 10.2 Å². The van der Waals surface area contributed by atoms with Crippen LogP contribution in [-0.4, -0.2) is 43.2 Å². The van der Waals surface area contributed by atoms with Crippen molar-refractivity contribution in [3.05, 3.63) is 42.4 Å². The molecular formula is C22H34FN3. The lowest BCUT2D eigenvalue weighted by molar-refractivity contribution is 0.179. The molecule has 2 atom stereocenters. The highest BCUT2D eigenvalue weighted by Crippen LogP contribution is 2.43. The number of hydrogen-bond donors (Lipinski definition) is 1. The molecule has 2 aliphatic rings. The lowest BCUT2D eigenvalue weighted by Gasteiger charge is -2.41. The van der Waals surface area contributed by atoms with Crippen LogP contribution in [0, 0.1) is 11.2 Å². The zero-order valence-corrected chi connectivity index (χ0v) is 16.6. The van der Waals surface area contributed by atoms with Gasteiger partial charge in [-0.25, -0.2) is 4.39 Å². The van der Waals surface area contributed by atoms with Gasteiger partial charge in [0.25, 0.3) is 0 Å². The molecule has 4 heteroatoms. The smallest absolute Gasteiger partial charge is 0.123 e. The predicted molar refractivity (Wildman–Crippen MR) is 108 cm³/mol. The molecule has 1 N–H and O–H groups in total. The average Bonchev–Trinajstić information content (AvgIpc) is 2.97. The summed E-state index contributed by atoms with van der Waals surface area (Å²) in [5.74, 6) is -0.165. The Morgan fingerprint density at radius 1 is 1.19 bits per heavy atom. The third-order valence-electron chi connectivity index (χ3n) is 6.73. The zero-order valence-electron chi connectivity index (χ0n) is 16.6. The van der Waals surface area contributed by atoms with E-state index in [1.54, 1.807) is 12.1 Å². The van der Waals surface area contributed by atoms with E-state index in [0.29, 0.717) is 17.5 Å². The number of halogens is 1. The first kappa shape index (κ1) is 19.2. The summed E-state index contributed by atoms with van der Waals surface area (Å²) in [5, 5.41) is 3.67. The molecule has 0 aliphatic carbocycles. The van der Waals surface area contributed by atoms with Crippen LogP contribution in [-0.2, 0) is 0 Å². The largest absolute Gasteiger partial charge is 0.386 e. The maximum atomic E-state index is 13.1. The average molecular weight is 360 g/mol. The highest BCUT2D eigenvalue weighted by atomic mass is 19.1. The predicted octanol–water partition coefficient (Wildman–Crippen LogP) is 4.41. The molecule has 0 spiro atoms. The van der Waals surface area contributed by atoms with Crippen LogP contribution in [0.15, 0.2) is 36.5 Å². The minimum atomic E-state index is -0.165. The first-order valence-corrected chi connectivity index (χ1v) is 10.2. The van der Waals surface area contributed by atoms with E-state index in [1.165, 1.54) is 31.4 Å². The molecular weight excluding hydrogens is 325 g/mol. The number of piperazine rings is 1. The van der Waals surface area contributed by atoms with Crippen molar-refractivity contribution in [3.63, 3.8) is 0 Å². The Balaban J connectivity index is 1.50. The van der Waals surface area contributed by atoms with Gasteiger partial charge in [-0.15, -0.1) is 0 Å². The Bertz CT molecular complexity index is 608. The van der Waals surface area contributed by atoms with Crippen LogP contribution in [0.3, 0.4) is 0 Å². The molecule has 3 nitrogen and oxygen atoms in total. The summed E-state index contributed by atoms with van der Waals surface area (Å²) in [5.41, 5.74) is 2.68.